The van der Waals surface area contributed by atoms with Gasteiger partial charge in [0, 0.05) is 19.0 Å². The van der Waals surface area contributed by atoms with E-state index in [2.05, 4.69) is 5.32 Å². The van der Waals surface area contributed by atoms with Crippen molar-refractivity contribution in [3.63, 3.8) is 0 Å². The predicted octanol–water partition coefficient (Wildman–Crippen LogP) is 3.19. The Bertz CT molecular complexity index is 1080. The largest absolute Gasteiger partial charge is 0.486 e. The van der Waals surface area contributed by atoms with Crippen molar-refractivity contribution >= 4 is 15.9 Å². The van der Waals surface area contributed by atoms with Gasteiger partial charge < -0.3 is 14.8 Å². The molecule has 2 aromatic carbocycles. The zero-order valence-electron chi connectivity index (χ0n) is 18.5. The lowest BCUT2D eigenvalue weighted by molar-refractivity contribution is -0.126. The summed E-state index contributed by atoms with van der Waals surface area (Å²) >= 11 is 0. The van der Waals surface area contributed by atoms with Gasteiger partial charge in [0.1, 0.15) is 13.2 Å². The summed E-state index contributed by atoms with van der Waals surface area (Å²) in [6.45, 7) is 5.67. The Kier molecular flexibility index (Phi) is 6.71. The summed E-state index contributed by atoms with van der Waals surface area (Å²) < 4.78 is 38.3. The van der Waals surface area contributed by atoms with Crippen molar-refractivity contribution < 1.29 is 22.7 Å². The van der Waals surface area contributed by atoms with Gasteiger partial charge in [0.2, 0.25) is 15.9 Å². The minimum absolute atomic E-state index is 0.00725. The number of ether oxygens (including phenoxy) is 2. The molecule has 2 aliphatic heterocycles. The molecule has 8 heteroatoms. The molecule has 0 saturated carbocycles. The number of sulfonamides is 1. The minimum Gasteiger partial charge on any atom is -0.486 e. The van der Waals surface area contributed by atoms with Gasteiger partial charge in [-0.2, -0.15) is 0 Å². The summed E-state index contributed by atoms with van der Waals surface area (Å²) in [4.78, 5) is 12.8. The van der Waals surface area contributed by atoms with Gasteiger partial charge in [-0.15, -0.1) is 0 Å². The molecule has 1 atom stereocenters. The van der Waals surface area contributed by atoms with Gasteiger partial charge in [-0.1, -0.05) is 35.9 Å². The first kappa shape index (κ1) is 22.6. The Hall–Kier alpha value is -2.58. The topological polar surface area (TPSA) is 84.9 Å². The molecule has 0 spiro atoms. The molecule has 1 amide bonds. The molecule has 4 rings (SSSR count). The summed E-state index contributed by atoms with van der Waals surface area (Å²) in [5, 5.41) is 3.07. The molecule has 1 saturated heterocycles. The average Bonchev–Trinajstić information content (AvgIpc) is 2.78. The van der Waals surface area contributed by atoms with E-state index >= 15 is 0 Å². The van der Waals surface area contributed by atoms with Crippen LogP contribution in [0, 0.1) is 12.8 Å². The third kappa shape index (κ3) is 5.24. The second-order valence-corrected chi connectivity index (χ2v) is 10.5. The third-order valence-electron chi connectivity index (χ3n) is 6.07. The van der Waals surface area contributed by atoms with Gasteiger partial charge in [0.05, 0.1) is 11.8 Å². The summed E-state index contributed by atoms with van der Waals surface area (Å²) in [6.07, 6.45) is 1.04. The Labute approximate surface area is 189 Å². The van der Waals surface area contributed by atoms with Gasteiger partial charge in [0.15, 0.2) is 11.5 Å². The van der Waals surface area contributed by atoms with Crippen LogP contribution in [0.5, 0.6) is 11.5 Å². The second kappa shape index (κ2) is 9.50. The Morgan fingerprint density at radius 2 is 1.81 bits per heavy atom. The maximum absolute atomic E-state index is 12.8. The van der Waals surface area contributed by atoms with Crippen molar-refractivity contribution in [3.05, 3.63) is 59.2 Å². The summed E-state index contributed by atoms with van der Waals surface area (Å²) in [5.74, 6) is 1.18. The number of carbonyl (C=O) groups excluding carboxylic acids is 1. The van der Waals surface area contributed by atoms with Crippen LogP contribution in [0.2, 0.25) is 0 Å². The molecule has 0 aromatic heterocycles. The van der Waals surface area contributed by atoms with Gasteiger partial charge in [-0.05, 0) is 49.9 Å². The molecule has 172 valence electrons. The van der Waals surface area contributed by atoms with Crippen molar-refractivity contribution in [2.24, 2.45) is 5.92 Å². The number of rotatable bonds is 6. The zero-order chi connectivity index (χ0) is 22.7. The Morgan fingerprint density at radius 3 is 2.53 bits per heavy atom. The Morgan fingerprint density at radius 1 is 1.09 bits per heavy atom. The van der Waals surface area contributed by atoms with Crippen LogP contribution >= 0.6 is 0 Å². The zero-order valence-corrected chi connectivity index (χ0v) is 19.4. The fraction of sp³-hybridized carbons (Fsp3) is 0.458. The van der Waals surface area contributed by atoms with Crippen LogP contribution in [0.15, 0.2) is 42.5 Å². The van der Waals surface area contributed by atoms with Gasteiger partial charge >= 0.3 is 0 Å². The van der Waals surface area contributed by atoms with Crippen molar-refractivity contribution in [3.8, 4) is 11.5 Å². The lowest BCUT2D eigenvalue weighted by atomic mass is 9.96. The third-order valence-corrected chi connectivity index (χ3v) is 7.92. The molecule has 32 heavy (non-hydrogen) atoms. The highest BCUT2D eigenvalue weighted by molar-refractivity contribution is 7.88. The summed E-state index contributed by atoms with van der Waals surface area (Å²) in [5.41, 5.74) is 2.78. The number of hydrogen-bond acceptors (Lipinski definition) is 5. The van der Waals surface area contributed by atoms with Crippen molar-refractivity contribution in [1.82, 2.24) is 9.62 Å². The maximum atomic E-state index is 12.8. The lowest BCUT2D eigenvalue weighted by Crippen LogP contribution is -2.43. The van der Waals surface area contributed by atoms with E-state index < -0.39 is 10.0 Å². The van der Waals surface area contributed by atoms with Crippen LogP contribution in [-0.2, 0) is 20.6 Å². The minimum atomic E-state index is -3.40. The number of hydrogen-bond donors (Lipinski definition) is 1. The number of aryl methyl sites for hydroxylation is 1. The number of nitrogens with zero attached hydrogens (tertiary/aromatic N) is 1. The first-order chi connectivity index (χ1) is 15.3. The van der Waals surface area contributed by atoms with Crippen molar-refractivity contribution in [2.75, 3.05) is 26.3 Å². The molecular weight excluding hydrogens is 428 g/mol. The molecule has 7 nitrogen and oxygen atoms in total. The average molecular weight is 459 g/mol. The number of amides is 1. The molecule has 0 bridgehead atoms. The smallest absolute Gasteiger partial charge is 0.223 e. The summed E-state index contributed by atoms with van der Waals surface area (Å²) in [7, 11) is -3.40. The SMILES string of the molecule is Cc1cccc(CS(=O)(=O)N2CCC(C(=O)N[C@H](C)c3ccc4c(c3)OCCO4)CC2)c1. The predicted molar refractivity (Wildman–Crippen MR) is 122 cm³/mol. The number of fused-ring (bicyclic) bond motifs is 1. The molecule has 2 aromatic rings. The van der Waals surface area contributed by atoms with Crippen LogP contribution in [0.1, 0.15) is 42.5 Å². The molecule has 1 fully saturated rings. The number of benzene rings is 2. The monoisotopic (exact) mass is 458 g/mol. The first-order valence-corrected chi connectivity index (χ1v) is 12.7. The fourth-order valence-corrected chi connectivity index (χ4v) is 5.79. The number of piperidine rings is 1. The highest BCUT2D eigenvalue weighted by Gasteiger charge is 2.31. The van der Waals surface area contributed by atoms with Crippen molar-refractivity contribution in [2.45, 2.75) is 38.5 Å². The molecule has 0 aliphatic carbocycles. The van der Waals surface area contributed by atoms with Gasteiger partial charge in [-0.25, -0.2) is 12.7 Å². The molecule has 1 N–H and O–H groups in total. The van der Waals surface area contributed by atoms with E-state index in [1.54, 1.807) is 0 Å². The van der Waals surface area contributed by atoms with E-state index in [9.17, 15) is 13.2 Å². The van der Waals surface area contributed by atoms with E-state index in [4.69, 9.17) is 9.47 Å². The standard InChI is InChI=1S/C24H30N2O5S/c1-17-4-3-5-19(14-17)16-32(28,29)26-10-8-20(9-11-26)24(27)25-18(2)21-6-7-22-23(15-21)31-13-12-30-22/h3-7,14-15,18,20H,8-13,16H2,1-2H3,(H,25,27)/t18-/m1/s1. The van der Waals surface area contributed by atoms with Crippen LogP contribution in [0.3, 0.4) is 0 Å². The van der Waals surface area contributed by atoms with E-state index in [1.165, 1.54) is 4.31 Å². The van der Waals surface area contributed by atoms with E-state index in [1.807, 2.05) is 56.3 Å². The van der Waals surface area contributed by atoms with E-state index in [-0.39, 0.29) is 23.6 Å². The first-order valence-electron chi connectivity index (χ1n) is 11.0. The Balaban J connectivity index is 1.31. The molecular formula is C24H30N2O5S. The summed E-state index contributed by atoms with van der Waals surface area (Å²) in [6, 6.07) is 13.1. The van der Waals surface area contributed by atoms with Crippen molar-refractivity contribution in [1.29, 1.82) is 0 Å². The lowest BCUT2D eigenvalue weighted by Gasteiger charge is -2.31. The van der Waals surface area contributed by atoms with E-state index in [0.717, 1.165) is 22.4 Å². The molecule has 0 unspecified atom stereocenters. The normalized spacial score (nSPS) is 18.2. The van der Waals surface area contributed by atoms with Crippen LogP contribution in [-0.4, -0.2) is 44.9 Å². The van der Waals surface area contributed by atoms with Crippen LogP contribution in [0.4, 0.5) is 0 Å². The second-order valence-electron chi connectivity index (χ2n) is 8.55. The highest BCUT2D eigenvalue weighted by atomic mass is 32.2. The highest BCUT2D eigenvalue weighted by Crippen LogP contribution is 2.33. The van der Waals surface area contributed by atoms with Gasteiger partial charge in [0.25, 0.3) is 0 Å². The van der Waals surface area contributed by atoms with Gasteiger partial charge in [-0.3, -0.25) is 4.79 Å². The molecule has 0 radical (unpaired) electrons. The number of nitrogens with one attached hydrogen (secondary N) is 1. The number of carbonyl (C=O) groups is 1. The quantitative estimate of drug-likeness (QED) is 0.719. The molecule has 2 aliphatic rings. The molecule has 2 heterocycles. The van der Waals surface area contributed by atoms with E-state index in [0.29, 0.717) is 44.9 Å². The maximum Gasteiger partial charge on any atom is 0.223 e. The van der Waals surface area contributed by atoms with Crippen LogP contribution in [0.25, 0.3) is 0 Å². The van der Waals surface area contributed by atoms with Crippen LogP contribution < -0.4 is 14.8 Å². The fourth-order valence-electron chi connectivity index (χ4n) is 4.24.